The second kappa shape index (κ2) is 5.74. The van der Waals surface area contributed by atoms with Crippen molar-refractivity contribution in [3.05, 3.63) is 45.9 Å². The second-order valence-electron chi connectivity index (χ2n) is 4.55. The number of hydrogen-bond donors (Lipinski definition) is 1. The van der Waals surface area contributed by atoms with Gasteiger partial charge in [0.15, 0.2) is 0 Å². The van der Waals surface area contributed by atoms with E-state index in [-0.39, 0.29) is 11.9 Å². The first kappa shape index (κ1) is 14.1. The van der Waals surface area contributed by atoms with Gasteiger partial charge in [0.25, 0.3) is 0 Å². The highest BCUT2D eigenvalue weighted by atomic mass is 79.9. The summed E-state index contributed by atoms with van der Waals surface area (Å²) >= 11 is 3.26. The lowest BCUT2D eigenvalue weighted by Crippen LogP contribution is -2.09. The van der Waals surface area contributed by atoms with Gasteiger partial charge in [0, 0.05) is 23.3 Å². The van der Waals surface area contributed by atoms with E-state index in [1.54, 1.807) is 10.7 Å². The van der Waals surface area contributed by atoms with E-state index < -0.39 is 0 Å². The number of anilines is 1. The van der Waals surface area contributed by atoms with Crippen LogP contribution in [0.25, 0.3) is 0 Å². The Balaban J connectivity index is 2.22. The first-order valence-electron chi connectivity index (χ1n) is 6.25. The Morgan fingerprint density at radius 3 is 2.84 bits per heavy atom. The summed E-state index contributed by atoms with van der Waals surface area (Å²) in [5.74, 6) is -0.212. The van der Waals surface area contributed by atoms with Gasteiger partial charge in [-0.2, -0.15) is 5.10 Å². The molecule has 0 amide bonds. The van der Waals surface area contributed by atoms with E-state index in [4.69, 9.17) is 0 Å². The van der Waals surface area contributed by atoms with E-state index in [0.717, 1.165) is 22.3 Å². The maximum absolute atomic E-state index is 13.9. The van der Waals surface area contributed by atoms with Crippen molar-refractivity contribution >= 4 is 21.6 Å². The smallest absolute Gasteiger partial charge is 0.129 e. The monoisotopic (exact) mass is 325 g/mol. The summed E-state index contributed by atoms with van der Waals surface area (Å²) < 4.78 is 16.4. The average molecular weight is 326 g/mol. The van der Waals surface area contributed by atoms with Crippen LogP contribution in [-0.2, 0) is 13.5 Å². The van der Waals surface area contributed by atoms with Crippen LogP contribution in [0.1, 0.15) is 31.1 Å². The zero-order valence-corrected chi connectivity index (χ0v) is 12.8. The standard InChI is InChI=1S/C14H17BrFN3/c1-4-13-14(8-19(3)18-13)17-9(2)11-6-5-10(15)7-12(11)16/h5-9,17H,4H2,1-3H3. The molecule has 0 aliphatic rings. The van der Waals surface area contributed by atoms with Crippen LogP contribution in [0.15, 0.2) is 28.9 Å². The summed E-state index contributed by atoms with van der Waals surface area (Å²) in [5.41, 5.74) is 2.60. The van der Waals surface area contributed by atoms with Crippen molar-refractivity contribution in [2.24, 2.45) is 7.05 Å². The topological polar surface area (TPSA) is 29.9 Å². The van der Waals surface area contributed by atoms with Gasteiger partial charge >= 0.3 is 0 Å². The average Bonchev–Trinajstić information content (AvgIpc) is 2.69. The van der Waals surface area contributed by atoms with Crippen molar-refractivity contribution in [1.29, 1.82) is 0 Å². The molecule has 0 aliphatic heterocycles. The molecule has 2 aromatic rings. The van der Waals surface area contributed by atoms with E-state index in [9.17, 15) is 4.39 Å². The van der Waals surface area contributed by atoms with Crippen molar-refractivity contribution in [3.63, 3.8) is 0 Å². The van der Waals surface area contributed by atoms with Crippen molar-refractivity contribution < 1.29 is 4.39 Å². The minimum atomic E-state index is -0.212. The van der Waals surface area contributed by atoms with Crippen molar-refractivity contribution in [1.82, 2.24) is 9.78 Å². The van der Waals surface area contributed by atoms with Gasteiger partial charge in [-0.15, -0.1) is 0 Å². The first-order chi connectivity index (χ1) is 9.01. The number of hydrogen-bond acceptors (Lipinski definition) is 2. The summed E-state index contributed by atoms with van der Waals surface area (Å²) in [5, 5.41) is 7.69. The molecule has 19 heavy (non-hydrogen) atoms. The Morgan fingerprint density at radius 1 is 1.47 bits per heavy atom. The minimum Gasteiger partial charge on any atom is -0.376 e. The predicted molar refractivity (Wildman–Crippen MR) is 78.7 cm³/mol. The Bertz CT molecular complexity index is 580. The zero-order valence-electron chi connectivity index (χ0n) is 11.2. The summed E-state index contributed by atoms with van der Waals surface area (Å²) in [6.45, 7) is 4.00. The first-order valence-corrected chi connectivity index (χ1v) is 7.04. The van der Waals surface area contributed by atoms with Gasteiger partial charge in [0.05, 0.1) is 17.4 Å². The molecule has 0 aliphatic carbocycles. The lowest BCUT2D eigenvalue weighted by molar-refractivity contribution is 0.599. The summed E-state index contributed by atoms with van der Waals surface area (Å²) in [6, 6.07) is 5.01. The molecule has 0 saturated heterocycles. The molecule has 2 rings (SSSR count). The van der Waals surface area contributed by atoms with Crippen LogP contribution in [0, 0.1) is 5.82 Å². The van der Waals surface area contributed by atoms with Crippen LogP contribution in [0.2, 0.25) is 0 Å². The quantitative estimate of drug-likeness (QED) is 0.918. The highest BCUT2D eigenvalue weighted by Crippen LogP contribution is 2.25. The van der Waals surface area contributed by atoms with Gasteiger partial charge in [-0.05, 0) is 25.5 Å². The molecule has 1 aromatic carbocycles. The summed E-state index contributed by atoms with van der Waals surface area (Å²) in [4.78, 5) is 0. The molecule has 5 heteroatoms. The van der Waals surface area contributed by atoms with Crippen LogP contribution in [0.3, 0.4) is 0 Å². The molecule has 1 N–H and O–H groups in total. The molecule has 102 valence electrons. The number of aryl methyl sites for hydroxylation is 2. The molecule has 1 atom stereocenters. The minimum absolute atomic E-state index is 0.109. The fourth-order valence-electron chi connectivity index (χ4n) is 2.08. The molecule has 0 bridgehead atoms. The molecule has 3 nitrogen and oxygen atoms in total. The number of rotatable bonds is 4. The van der Waals surface area contributed by atoms with Crippen LogP contribution < -0.4 is 5.32 Å². The Hall–Kier alpha value is -1.36. The van der Waals surface area contributed by atoms with Crippen molar-refractivity contribution in [2.45, 2.75) is 26.3 Å². The number of benzene rings is 1. The predicted octanol–water partition coefficient (Wildman–Crippen LogP) is 4.06. The number of nitrogens with zero attached hydrogens (tertiary/aromatic N) is 2. The van der Waals surface area contributed by atoms with Gasteiger partial charge in [-0.25, -0.2) is 4.39 Å². The normalized spacial score (nSPS) is 12.5. The Morgan fingerprint density at radius 2 is 2.21 bits per heavy atom. The van der Waals surface area contributed by atoms with Crippen LogP contribution in [0.5, 0.6) is 0 Å². The van der Waals surface area contributed by atoms with E-state index in [1.165, 1.54) is 6.07 Å². The molecular weight excluding hydrogens is 309 g/mol. The van der Waals surface area contributed by atoms with Crippen LogP contribution >= 0.6 is 15.9 Å². The summed E-state index contributed by atoms with van der Waals surface area (Å²) in [6.07, 6.45) is 2.77. The van der Waals surface area contributed by atoms with E-state index in [1.807, 2.05) is 26.2 Å². The number of halogens is 2. The van der Waals surface area contributed by atoms with Crippen molar-refractivity contribution in [3.8, 4) is 0 Å². The lowest BCUT2D eigenvalue weighted by Gasteiger charge is -2.16. The van der Waals surface area contributed by atoms with E-state index in [2.05, 4.69) is 33.3 Å². The molecule has 0 spiro atoms. The number of nitrogens with one attached hydrogen (secondary N) is 1. The fraction of sp³-hybridized carbons (Fsp3) is 0.357. The van der Waals surface area contributed by atoms with Gasteiger partial charge in [-0.1, -0.05) is 28.9 Å². The highest BCUT2D eigenvalue weighted by Gasteiger charge is 2.14. The number of aromatic nitrogens is 2. The van der Waals surface area contributed by atoms with Gasteiger partial charge in [0.2, 0.25) is 0 Å². The van der Waals surface area contributed by atoms with Crippen LogP contribution in [-0.4, -0.2) is 9.78 Å². The fourth-order valence-corrected chi connectivity index (χ4v) is 2.41. The third-order valence-corrected chi connectivity index (χ3v) is 3.53. The molecular formula is C14H17BrFN3. The molecule has 0 radical (unpaired) electrons. The summed E-state index contributed by atoms with van der Waals surface area (Å²) in [7, 11) is 1.88. The third kappa shape index (κ3) is 3.15. The maximum Gasteiger partial charge on any atom is 0.129 e. The molecule has 1 heterocycles. The van der Waals surface area contributed by atoms with Gasteiger partial charge < -0.3 is 5.32 Å². The Kier molecular flexibility index (Phi) is 4.24. The molecule has 1 aromatic heterocycles. The van der Waals surface area contributed by atoms with E-state index in [0.29, 0.717) is 5.56 Å². The Labute approximate surface area is 121 Å². The molecule has 0 saturated carbocycles. The molecule has 1 unspecified atom stereocenters. The molecule has 0 fully saturated rings. The van der Waals surface area contributed by atoms with Crippen molar-refractivity contribution in [2.75, 3.05) is 5.32 Å². The SMILES string of the molecule is CCc1nn(C)cc1NC(C)c1ccc(Br)cc1F. The lowest BCUT2D eigenvalue weighted by atomic mass is 10.1. The highest BCUT2D eigenvalue weighted by molar-refractivity contribution is 9.10. The maximum atomic E-state index is 13.9. The zero-order chi connectivity index (χ0) is 14.0. The largest absolute Gasteiger partial charge is 0.376 e. The van der Waals surface area contributed by atoms with Crippen LogP contribution in [0.4, 0.5) is 10.1 Å². The van der Waals surface area contributed by atoms with Gasteiger partial charge in [0.1, 0.15) is 5.82 Å². The van der Waals surface area contributed by atoms with Gasteiger partial charge in [-0.3, -0.25) is 4.68 Å². The third-order valence-electron chi connectivity index (χ3n) is 3.04. The second-order valence-corrected chi connectivity index (χ2v) is 5.46. The van der Waals surface area contributed by atoms with E-state index >= 15 is 0 Å².